The van der Waals surface area contributed by atoms with Crippen LogP contribution in [0.3, 0.4) is 0 Å². The molecule has 8 heteroatoms. The molecule has 1 fully saturated rings. The van der Waals surface area contributed by atoms with Gasteiger partial charge in [0.15, 0.2) is 0 Å². The Morgan fingerprint density at radius 3 is 2.71 bits per heavy atom. The lowest BCUT2D eigenvalue weighted by molar-refractivity contribution is -0.0481. The van der Waals surface area contributed by atoms with Crippen LogP contribution in [0, 0.1) is 5.41 Å². The average Bonchev–Trinajstić information content (AvgIpc) is 2.63. The summed E-state index contributed by atoms with van der Waals surface area (Å²) in [6.45, 7) is 3.78. The molecule has 100 valence electrons. The summed E-state index contributed by atoms with van der Waals surface area (Å²) in [6.07, 6.45) is 2.08. The quantitative estimate of drug-likeness (QED) is 0.375. The third-order valence-corrected chi connectivity index (χ3v) is 3.08. The molecule has 1 heterocycles. The Labute approximate surface area is 100 Å². The number of rotatable bonds is 6. The minimum Gasteiger partial charge on any atom is -0.353 e. The SMILES string of the molecule is CC(C)N(C=N)[C@H]1CC[C@@H](COP(=O)(O)O)O1. The Balaban J connectivity index is 2.41. The average molecular weight is 266 g/mol. The molecule has 0 aromatic carbocycles. The third-order valence-electron chi connectivity index (χ3n) is 2.59. The van der Waals surface area contributed by atoms with Gasteiger partial charge < -0.3 is 19.4 Å². The third kappa shape index (κ3) is 4.73. The lowest BCUT2D eigenvalue weighted by Crippen LogP contribution is -2.39. The van der Waals surface area contributed by atoms with Crippen molar-refractivity contribution in [1.82, 2.24) is 4.90 Å². The van der Waals surface area contributed by atoms with Gasteiger partial charge in [0, 0.05) is 6.04 Å². The van der Waals surface area contributed by atoms with Gasteiger partial charge in [-0.15, -0.1) is 0 Å². The van der Waals surface area contributed by atoms with Gasteiger partial charge in [-0.2, -0.15) is 0 Å². The molecule has 1 rings (SSSR count). The van der Waals surface area contributed by atoms with Gasteiger partial charge in [0.25, 0.3) is 0 Å². The first-order chi connectivity index (χ1) is 7.83. The van der Waals surface area contributed by atoms with Crippen molar-refractivity contribution >= 4 is 14.2 Å². The van der Waals surface area contributed by atoms with Gasteiger partial charge >= 0.3 is 7.82 Å². The van der Waals surface area contributed by atoms with E-state index in [1.165, 1.54) is 6.34 Å². The van der Waals surface area contributed by atoms with Crippen molar-refractivity contribution in [3.63, 3.8) is 0 Å². The molecule has 2 atom stereocenters. The summed E-state index contributed by atoms with van der Waals surface area (Å²) >= 11 is 0. The van der Waals surface area contributed by atoms with E-state index < -0.39 is 7.82 Å². The molecule has 0 radical (unpaired) electrons. The molecule has 0 amide bonds. The summed E-state index contributed by atoms with van der Waals surface area (Å²) in [4.78, 5) is 18.9. The van der Waals surface area contributed by atoms with E-state index in [2.05, 4.69) is 4.52 Å². The Kier molecular flexibility index (Phi) is 5.09. The van der Waals surface area contributed by atoms with E-state index in [-0.39, 0.29) is 25.0 Å². The summed E-state index contributed by atoms with van der Waals surface area (Å²) in [7, 11) is -4.43. The molecule has 0 unspecified atom stereocenters. The fourth-order valence-electron chi connectivity index (χ4n) is 1.77. The van der Waals surface area contributed by atoms with E-state index in [1.54, 1.807) is 4.90 Å². The second-order valence-corrected chi connectivity index (χ2v) is 5.49. The Morgan fingerprint density at radius 1 is 1.59 bits per heavy atom. The fourth-order valence-corrected chi connectivity index (χ4v) is 2.13. The summed E-state index contributed by atoms with van der Waals surface area (Å²) in [5.74, 6) is 0. The molecule has 1 aliphatic heterocycles. The lowest BCUT2D eigenvalue weighted by Gasteiger charge is -2.29. The normalized spacial score (nSPS) is 25.2. The molecular weight excluding hydrogens is 247 g/mol. The zero-order valence-corrected chi connectivity index (χ0v) is 10.8. The van der Waals surface area contributed by atoms with Crippen molar-refractivity contribution in [2.24, 2.45) is 0 Å². The van der Waals surface area contributed by atoms with Crippen molar-refractivity contribution in [1.29, 1.82) is 5.41 Å². The van der Waals surface area contributed by atoms with Crippen LogP contribution < -0.4 is 0 Å². The van der Waals surface area contributed by atoms with Gasteiger partial charge in [0.1, 0.15) is 6.23 Å². The molecule has 7 nitrogen and oxygen atoms in total. The predicted molar refractivity (Wildman–Crippen MR) is 61.6 cm³/mol. The maximum atomic E-state index is 10.5. The Morgan fingerprint density at radius 2 is 2.24 bits per heavy atom. The fraction of sp³-hybridized carbons (Fsp3) is 0.889. The summed E-state index contributed by atoms with van der Waals surface area (Å²) in [6, 6.07) is 0.152. The van der Waals surface area contributed by atoms with Crippen LogP contribution in [-0.2, 0) is 13.8 Å². The number of hydrogen-bond donors (Lipinski definition) is 3. The van der Waals surface area contributed by atoms with E-state index in [1.807, 2.05) is 13.8 Å². The lowest BCUT2D eigenvalue weighted by atomic mass is 10.2. The second-order valence-electron chi connectivity index (χ2n) is 4.25. The number of ether oxygens (including phenoxy) is 1. The number of phosphoric ester groups is 1. The molecular formula is C9H19N2O5P. The Hall–Kier alpha value is -0.460. The molecule has 0 aliphatic carbocycles. The smallest absolute Gasteiger partial charge is 0.353 e. The van der Waals surface area contributed by atoms with Crippen molar-refractivity contribution in [3.05, 3.63) is 0 Å². The van der Waals surface area contributed by atoms with E-state index >= 15 is 0 Å². The van der Waals surface area contributed by atoms with Crippen LogP contribution in [0.1, 0.15) is 26.7 Å². The van der Waals surface area contributed by atoms with Crippen LogP contribution in [0.2, 0.25) is 0 Å². The van der Waals surface area contributed by atoms with E-state index in [9.17, 15) is 4.57 Å². The van der Waals surface area contributed by atoms with E-state index in [0.717, 1.165) is 6.42 Å². The maximum Gasteiger partial charge on any atom is 0.469 e. The van der Waals surface area contributed by atoms with Crippen molar-refractivity contribution < 1.29 is 23.6 Å². The molecule has 0 saturated carbocycles. The highest BCUT2D eigenvalue weighted by Gasteiger charge is 2.31. The standard InChI is InChI=1S/C9H19N2O5P/c1-7(2)11(6-10)9-4-3-8(16-9)5-15-17(12,13)14/h6-10H,3-5H2,1-2H3,(H2,12,13,14)/t8-,9+/m0/s1. The molecule has 1 aliphatic rings. The zero-order chi connectivity index (χ0) is 13.1. The van der Waals surface area contributed by atoms with E-state index in [4.69, 9.17) is 19.9 Å². The van der Waals surface area contributed by atoms with Gasteiger partial charge in [0.2, 0.25) is 0 Å². The van der Waals surface area contributed by atoms with Crippen LogP contribution in [-0.4, -0.2) is 46.0 Å². The van der Waals surface area contributed by atoms with Crippen LogP contribution in [0.25, 0.3) is 0 Å². The highest BCUT2D eigenvalue weighted by molar-refractivity contribution is 7.46. The molecule has 17 heavy (non-hydrogen) atoms. The van der Waals surface area contributed by atoms with Crippen LogP contribution in [0.15, 0.2) is 0 Å². The zero-order valence-electron chi connectivity index (χ0n) is 9.94. The van der Waals surface area contributed by atoms with Gasteiger partial charge in [-0.3, -0.25) is 9.93 Å². The number of hydrogen-bond acceptors (Lipinski definition) is 4. The van der Waals surface area contributed by atoms with E-state index in [0.29, 0.717) is 6.42 Å². The first-order valence-corrected chi connectivity index (χ1v) is 7.00. The first-order valence-electron chi connectivity index (χ1n) is 5.47. The van der Waals surface area contributed by atoms with Gasteiger partial charge in [-0.1, -0.05) is 0 Å². The molecule has 3 N–H and O–H groups in total. The minimum absolute atomic E-state index is 0.120. The Bertz CT molecular complexity index is 306. The highest BCUT2D eigenvalue weighted by Crippen LogP contribution is 2.37. The first kappa shape index (κ1) is 14.6. The molecule has 1 saturated heterocycles. The van der Waals surface area contributed by atoms with Gasteiger partial charge in [-0.05, 0) is 26.7 Å². The summed E-state index contributed by atoms with van der Waals surface area (Å²) in [5.41, 5.74) is 0. The largest absolute Gasteiger partial charge is 0.469 e. The van der Waals surface area contributed by atoms with Crippen LogP contribution >= 0.6 is 7.82 Å². The molecule has 0 aromatic heterocycles. The number of nitrogens with one attached hydrogen (secondary N) is 1. The van der Waals surface area contributed by atoms with Crippen LogP contribution in [0.4, 0.5) is 0 Å². The summed E-state index contributed by atoms with van der Waals surface area (Å²) < 4.78 is 20.5. The number of nitrogens with zero attached hydrogens (tertiary/aromatic N) is 1. The topological polar surface area (TPSA) is 103 Å². The van der Waals surface area contributed by atoms with Gasteiger partial charge in [0.05, 0.1) is 19.0 Å². The van der Waals surface area contributed by atoms with Crippen molar-refractivity contribution in [2.75, 3.05) is 6.61 Å². The second kappa shape index (κ2) is 5.93. The molecule has 0 aromatic rings. The highest BCUT2D eigenvalue weighted by atomic mass is 31.2. The number of phosphoric acid groups is 1. The van der Waals surface area contributed by atoms with Crippen LogP contribution in [0.5, 0.6) is 0 Å². The molecule has 0 spiro atoms. The minimum atomic E-state index is -4.43. The predicted octanol–water partition coefficient (Wildman–Crippen LogP) is 0.918. The summed E-state index contributed by atoms with van der Waals surface area (Å²) in [5, 5.41) is 7.29. The van der Waals surface area contributed by atoms with Gasteiger partial charge in [-0.25, -0.2) is 4.57 Å². The monoisotopic (exact) mass is 266 g/mol. The molecule has 0 bridgehead atoms. The maximum absolute atomic E-state index is 10.5. The van der Waals surface area contributed by atoms with Crippen molar-refractivity contribution in [3.8, 4) is 0 Å². The van der Waals surface area contributed by atoms with Crippen molar-refractivity contribution in [2.45, 2.75) is 45.1 Å².